The molecule has 1 fully saturated rings. The van der Waals surface area contributed by atoms with Crippen LogP contribution >= 0.6 is 15.9 Å². The first kappa shape index (κ1) is 13.0. The quantitative estimate of drug-likeness (QED) is 0.910. The standard InChI is InChI=1S/C13H16BrFO2/c14-11-6-10(7-12(15)8-11)9-13(16)2-1-4-17-5-3-13/h6-8,16H,1-5,9H2. The van der Waals surface area contributed by atoms with Gasteiger partial charge in [-0.15, -0.1) is 0 Å². The summed E-state index contributed by atoms with van der Waals surface area (Å²) in [5.41, 5.74) is 0.0604. The summed E-state index contributed by atoms with van der Waals surface area (Å²) in [7, 11) is 0. The van der Waals surface area contributed by atoms with Gasteiger partial charge in [0.1, 0.15) is 5.82 Å². The molecule has 1 aromatic carbocycles. The van der Waals surface area contributed by atoms with Gasteiger partial charge >= 0.3 is 0 Å². The number of hydrogen-bond donors (Lipinski definition) is 1. The zero-order valence-electron chi connectivity index (χ0n) is 9.59. The lowest BCUT2D eigenvalue weighted by Crippen LogP contribution is -2.31. The van der Waals surface area contributed by atoms with E-state index >= 15 is 0 Å². The molecule has 17 heavy (non-hydrogen) atoms. The molecule has 0 bridgehead atoms. The molecule has 1 aromatic rings. The fraction of sp³-hybridized carbons (Fsp3) is 0.538. The second kappa shape index (κ2) is 5.46. The molecule has 1 aliphatic rings. The van der Waals surface area contributed by atoms with Crippen molar-refractivity contribution in [3.05, 3.63) is 34.1 Å². The second-order valence-electron chi connectivity index (χ2n) is 4.64. The highest BCUT2D eigenvalue weighted by Crippen LogP contribution is 2.27. The van der Waals surface area contributed by atoms with E-state index in [-0.39, 0.29) is 5.82 Å². The molecular weight excluding hydrogens is 287 g/mol. The van der Waals surface area contributed by atoms with Crippen LogP contribution < -0.4 is 0 Å². The summed E-state index contributed by atoms with van der Waals surface area (Å²) < 4.78 is 19.3. The molecule has 94 valence electrons. The number of rotatable bonds is 2. The van der Waals surface area contributed by atoms with Crippen molar-refractivity contribution in [2.45, 2.75) is 31.3 Å². The molecule has 1 saturated heterocycles. The topological polar surface area (TPSA) is 29.5 Å². The summed E-state index contributed by atoms with van der Waals surface area (Å²) in [5, 5.41) is 10.5. The third-order valence-corrected chi connectivity index (χ3v) is 3.56. The van der Waals surface area contributed by atoms with Gasteiger partial charge in [-0.3, -0.25) is 0 Å². The Morgan fingerprint density at radius 1 is 1.29 bits per heavy atom. The summed E-state index contributed by atoms with van der Waals surface area (Å²) in [6.07, 6.45) is 2.65. The molecule has 1 heterocycles. The van der Waals surface area contributed by atoms with Crippen LogP contribution in [-0.4, -0.2) is 23.9 Å². The van der Waals surface area contributed by atoms with Crippen molar-refractivity contribution in [1.29, 1.82) is 0 Å². The Hall–Kier alpha value is -0.450. The van der Waals surface area contributed by atoms with Crippen molar-refractivity contribution >= 4 is 15.9 Å². The molecule has 1 N–H and O–H groups in total. The highest BCUT2D eigenvalue weighted by Gasteiger charge is 2.28. The minimum atomic E-state index is -0.760. The van der Waals surface area contributed by atoms with Crippen molar-refractivity contribution in [3.63, 3.8) is 0 Å². The highest BCUT2D eigenvalue weighted by molar-refractivity contribution is 9.10. The van der Waals surface area contributed by atoms with Gasteiger partial charge in [-0.05, 0) is 43.0 Å². The summed E-state index contributed by atoms with van der Waals surface area (Å²) in [5.74, 6) is -0.275. The minimum absolute atomic E-state index is 0.275. The van der Waals surface area contributed by atoms with Gasteiger partial charge in [0.05, 0.1) is 5.60 Å². The summed E-state index contributed by atoms with van der Waals surface area (Å²) >= 11 is 3.26. The number of ether oxygens (including phenoxy) is 1. The van der Waals surface area contributed by atoms with Crippen LogP contribution in [0.1, 0.15) is 24.8 Å². The summed E-state index contributed by atoms with van der Waals surface area (Å²) in [6.45, 7) is 1.28. The van der Waals surface area contributed by atoms with E-state index in [1.165, 1.54) is 12.1 Å². The van der Waals surface area contributed by atoms with Gasteiger partial charge in [-0.25, -0.2) is 4.39 Å². The minimum Gasteiger partial charge on any atom is -0.389 e. The fourth-order valence-electron chi connectivity index (χ4n) is 2.26. The average molecular weight is 303 g/mol. The lowest BCUT2D eigenvalue weighted by atomic mass is 9.88. The van der Waals surface area contributed by atoms with Crippen LogP contribution in [0.4, 0.5) is 4.39 Å². The molecule has 0 radical (unpaired) electrons. The van der Waals surface area contributed by atoms with Crippen LogP contribution in [0.5, 0.6) is 0 Å². The van der Waals surface area contributed by atoms with Gasteiger partial charge in [0, 0.05) is 24.1 Å². The lowest BCUT2D eigenvalue weighted by molar-refractivity contribution is 0.0188. The molecule has 0 spiro atoms. The van der Waals surface area contributed by atoms with E-state index in [1.807, 2.05) is 6.07 Å². The van der Waals surface area contributed by atoms with Gasteiger partial charge in [0.15, 0.2) is 0 Å². The smallest absolute Gasteiger partial charge is 0.124 e. The maximum atomic E-state index is 13.3. The van der Waals surface area contributed by atoms with E-state index in [1.54, 1.807) is 0 Å². The first-order valence-electron chi connectivity index (χ1n) is 5.83. The van der Waals surface area contributed by atoms with Crippen molar-refractivity contribution in [1.82, 2.24) is 0 Å². The molecule has 1 atom stereocenters. The lowest BCUT2D eigenvalue weighted by Gasteiger charge is -2.26. The van der Waals surface area contributed by atoms with Crippen LogP contribution in [-0.2, 0) is 11.2 Å². The van der Waals surface area contributed by atoms with Crippen LogP contribution in [0.2, 0.25) is 0 Å². The average Bonchev–Trinajstić information content (AvgIpc) is 2.41. The second-order valence-corrected chi connectivity index (χ2v) is 5.56. The van der Waals surface area contributed by atoms with Crippen LogP contribution in [0.3, 0.4) is 0 Å². The van der Waals surface area contributed by atoms with Gasteiger partial charge in [-0.2, -0.15) is 0 Å². The Balaban J connectivity index is 2.12. The molecule has 1 aliphatic heterocycles. The molecule has 0 aromatic heterocycles. The largest absolute Gasteiger partial charge is 0.389 e. The molecule has 2 rings (SSSR count). The Morgan fingerprint density at radius 2 is 2.12 bits per heavy atom. The number of halogens is 2. The molecular formula is C13H16BrFO2. The van der Waals surface area contributed by atoms with Crippen molar-refractivity contribution < 1.29 is 14.2 Å². The third kappa shape index (κ3) is 3.76. The Labute approximate surface area is 109 Å². The van der Waals surface area contributed by atoms with Crippen LogP contribution in [0.15, 0.2) is 22.7 Å². The molecule has 0 aliphatic carbocycles. The number of hydrogen-bond acceptors (Lipinski definition) is 2. The van der Waals surface area contributed by atoms with E-state index in [2.05, 4.69) is 15.9 Å². The Morgan fingerprint density at radius 3 is 2.88 bits per heavy atom. The van der Waals surface area contributed by atoms with Crippen LogP contribution in [0, 0.1) is 5.82 Å². The van der Waals surface area contributed by atoms with E-state index in [4.69, 9.17) is 4.74 Å². The maximum absolute atomic E-state index is 13.3. The van der Waals surface area contributed by atoms with E-state index in [0.29, 0.717) is 36.9 Å². The van der Waals surface area contributed by atoms with Crippen molar-refractivity contribution in [2.75, 3.05) is 13.2 Å². The first-order chi connectivity index (χ1) is 8.07. The monoisotopic (exact) mass is 302 g/mol. The highest BCUT2D eigenvalue weighted by atomic mass is 79.9. The van der Waals surface area contributed by atoms with Gasteiger partial charge in [0.25, 0.3) is 0 Å². The number of benzene rings is 1. The maximum Gasteiger partial charge on any atom is 0.124 e. The molecule has 2 nitrogen and oxygen atoms in total. The van der Waals surface area contributed by atoms with Crippen molar-refractivity contribution in [2.24, 2.45) is 0 Å². The van der Waals surface area contributed by atoms with Gasteiger partial charge < -0.3 is 9.84 Å². The van der Waals surface area contributed by atoms with Gasteiger partial charge in [0.2, 0.25) is 0 Å². The predicted octanol–water partition coefficient (Wildman–Crippen LogP) is 3.06. The summed E-state index contributed by atoms with van der Waals surface area (Å²) in [6, 6.07) is 4.75. The molecule has 4 heteroatoms. The number of aliphatic hydroxyl groups is 1. The van der Waals surface area contributed by atoms with E-state index < -0.39 is 5.60 Å². The normalized spacial score (nSPS) is 25.6. The summed E-state index contributed by atoms with van der Waals surface area (Å²) in [4.78, 5) is 0. The SMILES string of the molecule is OC1(Cc2cc(F)cc(Br)c2)CCCOCC1. The Bertz CT molecular complexity index is 367. The van der Waals surface area contributed by atoms with E-state index in [0.717, 1.165) is 12.0 Å². The molecule has 0 saturated carbocycles. The molecule has 0 amide bonds. The zero-order valence-corrected chi connectivity index (χ0v) is 11.2. The molecule has 1 unspecified atom stereocenters. The predicted molar refractivity (Wildman–Crippen MR) is 67.4 cm³/mol. The first-order valence-corrected chi connectivity index (χ1v) is 6.62. The van der Waals surface area contributed by atoms with Crippen LogP contribution in [0.25, 0.3) is 0 Å². The van der Waals surface area contributed by atoms with Gasteiger partial charge in [-0.1, -0.05) is 15.9 Å². The zero-order chi connectivity index (χ0) is 12.3. The van der Waals surface area contributed by atoms with E-state index in [9.17, 15) is 9.50 Å². The fourth-order valence-corrected chi connectivity index (χ4v) is 2.77. The third-order valence-electron chi connectivity index (χ3n) is 3.10. The van der Waals surface area contributed by atoms with Crippen molar-refractivity contribution in [3.8, 4) is 0 Å². The Kier molecular flexibility index (Phi) is 4.17.